The van der Waals surface area contributed by atoms with Crippen molar-refractivity contribution in [3.8, 4) is 11.8 Å². The molecule has 0 amide bonds. The molecule has 1 aliphatic heterocycles. The van der Waals surface area contributed by atoms with E-state index in [1.165, 1.54) is 16.5 Å². The zero-order chi connectivity index (χ0) is 17.9. The monoisotopic (exact) mass is 345 g/mol. The van der Waals surface area contributed by atoms with Gasteiger partial charge in [0.1, 0.15) is 11.9 Å². The summed E-state index contributed by atoms with van der Waals surface area (Å²) in [7, 11) is 2.06. The number of likely N-dealkylation sites (tertiary alicyclic amines) is 1. The van der Waals surface area contributed by atoms with Crippen molar-refractivity contribution >= 4 is 10.9 Å². The molecule has 0 radical (unpaired) electrons. The van der Waals surface area contributed by atoms with Gasteiger partial charge in [0.15, 0.2) is 0 Å². The van der Waals surface area contributed by atoms with Gasteiger partial charge in [-0.05, 0) is 48.7 Å². The van der Waals surface area contributed by atoms with Gasteiger partial charge < -0.3 is 9.30 Å². The predicted molar refractivity (Wildman–Crippen MR) is 103 cm³/mol. The van der Waals surface area contributed by atoms with E-state index in [0.29, 0.717) is 0 Å². The third-order valence-corrected chi connectivity index (χ3v) is 5.21. The molecule has 26 heavy (non-hydrogen) atoms. The SMILES string of the molecule is Cn1ccc2c(OC3CCN(Cc4ccc(C#N)cc4)CC3)cccc21. The molecule has 1 saturated heterocycles. The second kappa shape index (κ2) is 7.23. The summed E-state index contributed by atoms with van der Waals surface area (Å²) in [6.45, 7) is 3.01. The molecule has 3 aromatic rings. The molecular formula is C22H23N3O. The molecule has 0 atom stereocenters. The van der Waals surface area contributed by atoms with Gasteiger partial charge in [0.25, 0.3) is 0 Å². The molecule has 4 rings (SSSR count). The molecule has 4 heteroatoms. The smallest absolute Gasteiger partial charge is 0.129 e. The van der Waals surface area contributed by atoms with Crippen molar-refractivity contribution in [1.29, 1.82) is 5.26 Å². The highest BCUT2D eigenvalue weighted by atomic mass is 16.5. The number of fused-ring (bicyclic) bond motifs is 1. The molecule has 132 valence electrons. The van der Waals surface area contributed by atoms with Crippen molar-refractivity contribution in [1.82, 2.24) is 9.47 Å². The Labute approximate surface area is 154 Å². The van der Waals surface area contributed by atoms with Crippen LogP contribution in [0, 0.1) is 11.3 Å². The number of aryl methyl sites for hydroxylation is 1. The molecule has 4 nitrogen and oxygen atoms in total. The maximum absolute atomic E-state index is 8.89. The summed E-state index contributed by atoms with van der Waals surface area (Å²) < 4.78 is 8.46. The van der Waals surface area contributed by atoms with Crippen molar-refractivity contribution in [2.24, 2.45) is 7.05 Å². The van der Waals surface area contributed by atoms with Crippen LogP contribution in [-0.2, 0) is 13.6 Å². The van der Waals surface area contributed by atoms with E-state index < -0.39 is 0 Å². The summed E-state index contributed by atoms with van der Waals surface area (Å²) in [6.07, 6.45) is 4.44. The van der Waals surface area contributed by atoms with Crippen LogP contribution in [0.5, 0.6) is 5.75 Å². The number of hydrogen-bond donors (Lipinski definition) is 0. The summed E-state index contributed by atoms with van der Waals surface area (Å²) in [5.41, 5.74) is 3.19. The Morgan fingerprint density at radius 2 is 1.85 bits per heavy atom. The first-order valence-electron chi connectivity index (χ1n) is 9.15. The summed E-state index contributed by atoms with van der Waals surface area (Å²) >= 11 is 0. The largest absolute Gasteiger partial charge is 0.490 e. The lowest BCUT2D eigenvalue weighted by molar-refractivity contribution is 0.0980. The van der Waals surface area contributed by atoms with Gasteiger partial charge >= 0.3 is 0 Å². The Kier molecular flexibility index (Phi) is 4.64. The van der Waals surface area contributed by atoms with Crippen LogP contribution < -0.4 is 4.74 Å². The molecule has 0 aliphatic carbocycles. The van der Waals surface area contributed by atoms with Crippen molar-refractivity contribution in [3.05, 3.63) is 65.9 Å². The minimum absolute atomic E-state index is 0.276. The van der Waals surface area contributed by atoms with Crippen LogP contribution in [0.2, 0.25) is 0 Å². The summed E-state index contributed by atoms with van der Waals surface area (Å²) in [5.74, 6) is 0.994. The van der Waals surface area contributed by atoms with Gasteiger partial charge in [-0.15, -0.1) is 0 Å². The molecule has 2 heterocycles. The molecule has 0 N–H and O–H groups in total. The molecular weight excluding hydrogens is 322 g/mol. The number of hydrogen-bond acceptors (Lipinski definition) is 3. The second-order valence-electron chi connectivity index (χ2n) is 7.02. The van der Waals surface area contributed by atoms with Crippen LogP contribution in [0.15, 0.2) is 54.7 Å². The molecule has 1 aliphatic rings. The van der Waals surface area contributed by atoms with E-state index in [0.717, 1.165) is 43.8 Å². The lowest BCUT2D eigenvalue weighted by Gasteiger charge is -2.32. The van der Waals surface area contributed by atoms with Crippen LogP contribution in [-0.4, -0.2) is 28.7 Å². The third-order valence-electron chi connectivity index (χ3n) is 5.21. The number of aromatic nitrogens is 1. The quantitative estimate of drug-likeness (QED) is 0.715. The average Bonchev–Trinajstić information content (AvgIpc) is 3.06. The molecule has 1 aromatic heterocycles. The third kappa shape index (κ3) is 3.44. The minimum atomic E-state index is 0.276. The first-order valence-corrected chi connectivity index (χ1v) is 9.15. The van der Waals surface area contributed by atoms with Crippen molar-refractivity contribution in [3.63, 3.8) is 0 Å². The van der Waals surface area contributed by atoms with Gasteiger partial charge in [0, 0.05) is 38.3 Å². The first kappa shape index (κ1) is 16.7. The minimum Gasteiger partial charge on any atom is -0.490 e. The maximum Gasteiger partial charge on any atom is 0.129 e. The van der Waals surface area contributed by atoms with Crippen molar-refractivity contribution in [2.45, 2.75) is 25.5 Å². The number of piperidine rings is 1. The normalized spacial score (nSPS) is 15.8. The number of ether oxygens (including phenoxy) is 1. The number of rotatable bonds is 4. The van der Waals surface area contributed by atoms with Gasteiger partial charge in [0.05, 0.1) is 17.1 Å². The lowest BCUT2D eigenvalue weighted by atomic mass is 10.1. The second-order valence-corrected chi connectivity index (χ2v) is 7.02. The molecule has 0 spiro atoms. The van der Waals surface area contributed by atoms with Gasteiger partial charge in [-0.1, -0.05) is 18.2 Å². The fraction of sp³-hybridized carbons (Fsp3) is 0.318. The molecule has 1 fully saturated rings. The Balaban J connectivity index is 1.35. The van der Waals surface area contributed by atoms with E-state index in [-0.39, 0.29) is 6.10 Å². The fourth-order valence-electron chi connectivity index (χ4n) is 3.68. The van der Waals surface area contributed by atoms with Crippen molar-refractivity contribution in [2.75, 3.05) is 13.1 Å². The van der Waals surface area contributed by atoms with Gasteiger partial charge in [-0.2, -0.15) is 5.26 Å². The van der Waals surface area contributed by atoms with Gasteiger partial charge in [-0.25, -0.2) is 0 Å². The Bertz CT molecular complexity index is 928. The van der Waals surface area contributed by atoms with Crippen LogP contribution in [0.25, 0.3) is 10.9 Å². The van der Waals surface area contributed by atoms with E-state index in [1.54, 1.807) is 0 Å². The van der Waals surface area contributed by atoms with E-state index in [1.807, 2.05) is 12.1 Å². The van der Waals surface area contributed by atoms with Crippen LogP contribution in [0.3, 0.4) is 0 Å². The Hall–Kier alpha value is -2.77. The Morgan fingerprint density at radius 3 is 2.58 bits per heavy atom. The fourth-order valence-corrected chi connectivity index (χ4v) is 3.68. The molecule has 0 unspecified atom stereocenters. The van der Waals surface area contributed by atoms with Crippen LogP contribution >= 0.6 is 0 Å². The molecule has 2 aromatic carbocycles. The van der Waals surface area contributed by atoms with Crippen LogP contribution in [0.4, 0.5) is 0 Å². The predicted octanol–water partition coefficient (Wildman–Crippen LogP) is 4.09. The van der Waals surface area contributed by atoms with E-state index in [2.05, 4.69) is 65.2 Å². The lowest BCUT2D eigenvalue weighted by Crippen LogP contribution is -2.37. The highest BCUT2D eigenvalue weighted by Gasteiger charge is 2.21. The van der Waals surface area contributed by atoms with E-state index in [9.17, 15) is 0 Å². The number of benzene rings is 2. The summed E-state index contributed by atoms with van der Waals surface area (Å²) in [4.78, 5) is 2.46. The average molecular weight is 345 g/mol. The van der Waals surface area contributed by atoms with Crippen molar-refractivity contribution < 1.29 is 4.74 Å². The van der Waals surface area contributed by atoms with Gasteiger partial charge in [0.2, 0.25) is 0 Å². The highest BCUT2D eigenvalue weighted by Crippen LogP contribution is 2.28. The summed E-state index contributed by atoms with van der Waals surface area (Å²) in [5, 5.41) is 10.1. The topological polar surface area (TPSA) is 41.2 Å². The number of nitrogens with zero attached hydrogens (tertiary/aromatic N) is 3. The van der Waals surface area contributed by atoms with E-state index in [4.69, 9.17) is 10.00 Å². The summed E-state index contributed by atoms with van der Waals surface area (Å²) in [6, 6.07) is 18.5. The highest BCUT2D eigenvalue weighted by molar-refractivity contribution is 5.86. The molecule has 0 saturated carbocycles. The van der Waals surface area contributed by atoms with E-state index >= 15 is 0 Å². The standard InChI is InChI=1S/C22H23N3O/c1-24-12-11-20-21(24)3-2-4-22(20)26-19-9-13-25(14-10-19)16-18-7-5-17(15-23)6-8-18/h2-8,11-12,19H,9-10,13-14,16H2,1H3. The first-order chi connectivity index (χ1) is 12.7. The molecule has 0 bridgehead atoms. The zero-order valence-corrected chi connectivity index (χ0v) is 15.1. The van der Waals surface area contributed by atoms with Gasteiger partial charge in [-0.3, -0.25) is 4.90 Å². The maximum atomic E-state index is 8.89. The number of nitriles is 1. The zero-order valence-electron chi connectivity index (χ0n) is 15.1. The Morgan fingerprint density at radius 1 is 1.08 bits per heavy atom. The van der Waals surface area contributed by atoms with Crippen LogP contribution in [0.1, 0.15) is 24.0 Å².